The molecule has 0 bridgehead atoms. The van der Waals surface area contributed by atoms with Crippen LogP contribution in [0.5, 0.6) is 0 Å². The molecule has 0 aromatic carbocycles. The molecule has 0 unspecified atom stereocenters. The lowest BCUT2D eigenvalue weighted by molar-refractivity contribution is -0.106. The Morgan fingerprint density at radius 3 is 2.33 bits per heavy atom. The molecular formula is C7H16OSi. The van der Waals surface area contributed by atoms with Gasteiger partial charge in [-0.25, -0.2) is 0 Å². The Hall–Kier alpha value is -0.113. The Kier molecular flexibility index (Phi) is 3.78. The molecule has 9 heavy (non-hydrogen) atoms. The van der Waals surface area contributed by atoms with Crippen molar-refractivity contribution in [1.29, 1.82) is 0 Å². The highest BCUT2D eigenvalue weighted by Gasteiger charge is 2.08. The van der Waals surface area contributed by atoms with Gasteiger partial charge < -0.3 is 4.79 Å². The highest BCUT2D eigenvalue weighted by molar-refractivity contribution is 6.39. The van der Waals surface area contributed by atoms with Crippen molar-refractivity contribution in [3.05, 3.63) is 0 Å². The van der Waals surface area contributed by atoms with Gasteiger partial charge in [-0.1, -0.05) is 26.8 Å². The van der Waals surface area contributed by atoms with Crippen molar-refractivity contribution in [3.8, 4) is 0 Å². The first-order valence-electron chi connectivity index (χ1n) is 3.50. The monoisotopic (exact) mass is 144 g/mol. The summed E-state index contributed by atoms with van der Waals surface area (Å²) in [4.78, 5) is 9.93. The van der Waals surface area contributed by atoms with Crippen molar-refractivity contribution in [1.82, 2.24) is 0 Å². The highest BCUT2D eigenvalue weighted by atomic mass is 28.2. The van der Waals surface area contributed by atoms with Gasteiger partial charge in [0.25, 0.3) is 0 Å². The lowest BCUT2D eigenvalue weighted by Crippen LogP contribution is -2.08. The van der Waals surface area contributed by atoms with Crippen LogP contribution in [0.15, 0.2) is 0 Å². The first-order chi connectivity index (χ1) is 4.06. The zero-order valence-corrected chi connectivity index (χ0v) is 8.02. The van der Waals surface area contributed by atoms with Crippen molar-refractivity contribution in [2.24, 2.45) is 5.41 Å². The third-order valence-corrected chi connectivity index (χ3v) is 3.75. The van der Waals surface area contributed by atoms with Crippen molar-refractivity contribution >= 4 is 15.8 Å². The Morgan fingerprint density at radius 1 is 1.44 bits per heavy atom. The molecule has 0 radical (unpaired) electrons. The fourth-order valence-electron chi connectivity index (χ4n) is 0.716. The number of carbonyl (C=O) groups excluding carboxylic acids is 1. The molecular weight excluding hydrogens is 128 g/mol. The molecule has 54 valence electrons. The van der Waals surface area contributed by atoms with Crippen LogP contribution in [-0.4, -0.2) is 15.8 Å². The molecule has 0 saturated carbocycles. The zero-order chi connectivity index (χ0) is 7.33. The molecule has 0 aromatic rings. The van der Waals surface area contributed by atoms with Gasteiger partial charge in [0.1, 0.15) is 6.29 Å². The molecule has 2 heteroatoms. The number of hydrogen-bond acceptors (Lipinski definition) is 1. The van der Waals surface area contributed by atoms with E-state index >= 15 is 0 Å². The summed E-state index contributed by atoms with van der Waals surface area (Å²) in [5, 5.41) is 0. The summed E-state index contributed by atoms with van der Waals surface area (Å²) in [6.07, 6.45) is 1.05. The predicted octanol–water partition coefficient (Wildman–Crippen LogP) is 1.24. The number of aldehydes is 1. The van der Waals surface area contributed by atoms with Crippen molar-refractivity contribution < 1.29 is 4.79 Å². The van der Waals surface area contributed by atoms with Crippen LogP contribution in [0.1, 0.15) is 20.8 Å². The lowest BCUT2D eigenvalue weighted by Gasteiger charge is -2.15. The second-order valence-corrected chi connectivity index (χ2v) is 5.40. The molecule has 0 N–H and O–H groups in total. The van der Waals surface area contributed by atoms with Crippen LogP contribution >= 0.6 is 0 Å². The summed E-state index contributed by atoms with van der Waals surface area (Å²) < 4.78 is 0. The second kappa shape index (κ2) is 3.83. The van der Waals surface area contributed by atoms with Crippen LogP contribution in [0, 0.1) is 5.41 Å². The summed E-state index contributed by atoms with van der Waals surface area (Å²) in [5.74, 6) is 0. The van der Waals surface area contributed by atoms with E-state index < -0.39 is 0 Å². The van der Waals surface area contributed by atoms with Crippen molar-refractivity contribution in [3.63, 3.8) is 0 Å². The Morgan fingerprint density at radius 2 is 2.00 bits per heavy atom. The first kappa shape index (κ1) is 8.89. The standard InChI is InChI=1S/C7H16OSi/c1-7(2,3)6-9-5-4-8/h4H,5-6,9H2,1-3H3. The number of rotatable bonds is 3. The summed E-state index contributed by atoms with van der Waals surface area (Å²) in [6, 6.07) is 2.14. The van der Waals surface area contributed by atoms with E-state index in [1.165, 1.54) is 6.04 Å². The minimum atomic E-state index is -0.0610. The summed E-state index contributed by atoms with van der Waals surface area (Å²) in [7, 11) is -0.0610. The van der Waals surface area contributed by atoms with Gasteiger partial charge in [0, 0.05) is 9.52 Å². The van der Waals surface area contributed by atoms with Gasteiger partial charge in [-0.05, 0) is 11.5 Å². The van der Waals surface area contributed by atoms with Crippen LogP contribution in [0.25, 0.3) is 0 Å². The highest BCUT2D eigenvalue weighted by Crippen LogP contribution is 2.18. The Bertz CT molecular complexity index is 83.4. The minimum Gasteiger partial charge on any atom is -0.304 e. The first-order valence-corrected chi connectivity index (χ1v) is 5.50. The normalized spacial score (nSPS) is 12.8. The molecule has 0 saturated heterocycles. The molecule has 0 rings (SSSR count). The molecule has 0 aliphatic rings. The van der Waals surface area contributed by atoms with E-state index in [-0.39, 0.29) is 9.52 Å². The van der Waals surface area contributed by atoms with Gasteiger partial charge in [-0.3, -0.25) is 0 Å². The molecule has 1 nitrogen and oxygen atoms in total. The maximum absolute atomic E-state index is 9.93. The molecule has 0 fully saturated rings. The van der Waals surface area contributed by atoms with Gasteiger partial charge >= 0.3 is 0 Å². The van der Waals surface area contributed by atoms with Gasteiger partial charge in [-0.15, -0.1) is 0 Å². The van der Waals surface area contributed by atoms with Gasteiger partial charge in [0.15, 0.2) is 0 Å². The quantitative estimate of drug-likeness (QED) is 0.331. The molecule has 0 aromatic heterocycles. The maximum atomic E-state index is 9.93. The second-order valence-electron chi connectivity index (χ2n) is 3.62. The molecule has 0 atom stereocenters. The average molecular weight is 144 g/mol. The summed E-state index contributed by atoms with van der Waals surface area (Å²) in [5.41, 5.74) is 0.454. The Balaban J connectivity index is 3.17. The molecule has 0 spiro atoms. The summed E-state index contributed by atoms with van der Waals surface area (Å²) in [6.45, 7) is 6.68. The zero-order valence-electron chi connectivity index (χ0n) is 6.61. The fourth-order valence-corrected chi connectivity index (χ4v) is 2.15. The molecule has 0 heterocycles. The third-order valence-electron chi connectivity index (χ3n) is 1.25. The van der Waals surface area contributed by atoms with Crippen LogP contribution in [-0.2, 0) is 4.79 Å². The van der Waals surface area contributed by atoms with Gasteiger partial charge in [0.2, 0.25) is 0 Å². The van der Waals surface area contributed by atoms with E-state index in [0.717, 1.165) is 12.3 Å². The lowest BCUT2D eigenvalue weighted by atomic mass is 10.0. The largest absolute Gasteiger partial charge is 0.304 e. The topological polar surface area (TPSA) is 17.1 Å². The summed E-state index contributed by atoms with van der Waals surface area (Å²) >= 11 is 0. The molecule has 0 aliphatic heterocycles. The van der Waals surface area contributed by atoms with Crippen molar-refractivity contribution in [2.45, 2.75) is 32.9 Å². The predicted molar refractivity (Wildman–Crippen MR) is 43.7 cm³/mol. The number of carbonyl (C=O) groups is 1. The minimum absolute atomic E-state index is 0.0610. The van der Waals surface area contributed by atoms with E-state index in [2.05, 4.69) is 20.8 Å². The van der Waals surface area contributed by atoms with Gasteiger partial charge in [-0.2, -0.15) is 0 Å². The smallest absolute Gasteiger partial charge is 0.116 e. The van der Waals surface area contributed by atoms with Crippen LogP contribution in [0.3, 0.4) is 0 Å². The third kappa shape index (κ3) is 7.89. The SMILES string of the molecule is CC(C)(C)C[SiH2]CC=O. The fraction of sp³-hybridized carbons (Fsp3) is 0.857. The van der Waals surface area contributed by atoms with E-state index in [1.807, 2.05) is 0 Å². The molecule has 0 aliphatic carbocycles. The van der Waals surface area contributed by atoms with Crippen molar-refractivity contribution in [2.75, 3.05) is 0 Å². The van der Waals surface area contributed by atoms with E-state index in [1.54, 1.807) is 0 Å². The average Bonchev–Trinajstić information content (AvgIpc) is 1.63. The van der Waals surface area contributed by atoms with Crippen LogP contribution in [0.2, 0.25) is 12.1 Å². The molecule has 0 amide bonds. The van der Waals surface area contributed by atoms with Crippen LogP contribution < -0.4 is 0 Å². The Labute approximate surface area is 59.7 Å². The van der Waals surface area contributed by atoms with E-state index in [0.29, 0.717) is 5.41 Å². The number of hydrogen-bond donors (Lipinski definition) is 0. The van der Waals surface area contributed by atoms with Gasteiger partial charge in [0.05, 0.1) is 0 Å². The van der Waals surface area contributed by atoms with E-state index in [9.17, 15) is 4.79 Å². The van der Waals surface area contributed by atoms with E-state index in [4.69, 9.17) is 0 Å². The maximum Gasteiger partial charge on any atom is 0.116 e. The van der Waals surface area contributed by atoms with Crippen LogP contribution in [0.4, 0.5) is 0 Å².